The molecular formula is C22H32N4O. The second-order valence-electron chi connectivity index (χ2n) is 7.97. The van der Waals surface area contributed by atoms with Crippen LogP contribution in [-0.2, 0) is 17.8 Å². The topological polar surface area (TPSA) is 33.5 Å². The third-order valence-corrected chi connectivity index (χ3v) is 6.34. The normalized spacial score (nSPS) is 21.4. The molecule has 2 aromatic rings. The number of rotatable bonds is 6. The summed E-state index contributed by atoms with van der Waals surface area (Å²) in [6.07, 6.45) is 6.50. The Labute approximate surface area is 162 Å². The van der Waals surface area contributed by atoms with Gasteiger partial charge in [0.15, 0.2) is 0 Å². The van der Waals surface area contributed by atoms with Gasteiger partial charge in [-0.3, -0.25) is 14.5 Å². The van der Waals surface area contributed by atoms with Crippen molar-refractivity contribution in [3.63, 3.8) is 0 Å². The summed E-state index contributed by atoms with van der Waals surface area (Å²) in [6.45, 7) is 10.7. The van der Waals surface area contributed by atoms with Gasteiger partial charge in [0, 0.05) is 38.1 Å². The molecule has 2 saturated heterocycles. The summed E-state index contributed by atoms with van der Waals surface area (Å²) in [5, 5.41) is 4.36. The van der Waals surface area contributed by atoms with Crippen LogP contribution in [0.1, 0.15) is 30.9 Å². The highest BCUT2D eigenvalue weighted by molar-refractivity contribution is 5.27. The molecule has 0 amide bonds. The van der Waals surface area contributed by atoms with Gasteiger partial charge < -0.3 is 4.74 Å². The summed E-state index contributed by atoms with van der Waals surface area (Å²) in [5.74, 6) is 0.818. The maximum absolute atomic E-state index is 5.51. The average molecular weight is 369 g/mol. The van der Waals surface area contributed by atoms with Crippen LogP contribution in [0.3, 0.4) is 0 Å². The Morgan fingerprint density at radius 3 is 2.37 bits per heavy atom. The molecule has 0 unspecified atom stereocenters. The molecule has 0 spiro atoms. The summed E-state index contributed by atoms with van der Waals surface area (Å²) in [7, 11) is 0. The molecule has 5 heteroatoms. The Balaban J connectivity index is 1.31. The van der Waals surface area contributed by atoms with E-state index in [0.29, 0.717) is 6.04 Å². The molecule has 2 fully saturated rings. The first-order valence-corrected chi connectivity index (χ1v) is 10.4. The lowest BCUT2D eigenvalue weighted by Crippen LogP contribution is -2.48. The van der Waals surface area contributed by atoms with Crippen molar-refractivity contribution < 1.29 is 4.74 Å². The highest BCUT2D eigenvalue weighted by atomic mass is 16.5. The van der Waals surface area contributed by atoms with Crippen LogP contribution < -0.4 is 0 Å². The van der Waals surface area contributed by atoms with E-state index in [2.05, 4.69) is 46.1 Å². The molecular weight excluding hydrogens is 336 g/mol. The quantitative estimate of drug-likeness (QED) is 0.785. The number of hydrogen-bond donors (Lipinski definition) is 0. The second kappa shape index (κ2) is 9.00. The van der Waals surface area contributed by atoms with Crippen LogP contribution in [0.5, 0.6) is 0 Å². The molecule has 1 aromatic carbocycles. The lowest BCUT2D eigenvalue weighted by atomic mass is 9.89. The minimum absolute atomic E-state index is 0.683. The van der Waals surface area contributed by atoms with Crippen molar-refractivity contribution in [2.45, 2.75) is 38.9 Å². The van der Waals surface area contributed by atoms with E-state index in [-0.39, 0.29) is 0 Å². The average Bonchev–Trinajstić information content (AvgIpc) is 3.23. The largest absolute Gasteiger partial charge is 0.379 e. The summed E-state index contributed by atoms with van der Waals surface area (Å²) >= 11 is 0. The van der Waals surface area contributed by atoms with Crippen LogP contribution in [0, 0.1) is 5.92 Å². The first kappa shape index (κ1) is 18.7. The van der Waals surface area contributed by atoms with E-state index < -0.39 is 0 Å². The molecule has 27 heavy (non-hydrogen) atoms. The van der Waals surface area contributed by atoms with Crippen LogP contribution in [0.4, 0.5) is 0 Å². The van der Waals surface area contributed by atoms with Crippen molar-refractivity contribution in [3.8, 4) is 0 Å². The fourth-order valence-corrected chi connectivity index (χ4v) is 4.55. The molecule has 0 saturated carbocycles. The monoisotopic (exact) mass is 368 g/mol. The van der Waals surface area contributed by atoms with E-state index in [1.165, 1.54) is 37.1 Å². The molecule has 2 aliphatic heterocycles. The maximum atomic E-state index is 5.51. The van der Waals surface area contributed by atoms with Crippen LogP contribution in [0.2, 0.25) is 0 Å². The van der Waals surface area contributed by atoms with Crippen LogP contribution in [-0.4, -0.2) is 65.0 Å². The third kappa shape index (κ3) is 4.78. The second-order valence-corrected chi connectivity index (χ2v) is 7.97. The number of piperidine rings is 1. The Bertz CT molecular complexity index is 688. The Morgan fingerprint density at radius 2 is 1.70 bits per heavy atom. The molecule has 0 radical (unpaired) electrons. The maximum Gasteiger partial charge on any atom is 0.0662 e. The van der Waals surface area contributed by atoms with Gasteiger partial charge in [0.25, 0.3) is 0 Å². The van der Waals surface area contributed by atoms with Gasteiger partial charge in [-0.2, -0.15) is 5.10 Å². The van der Waals surface area contributed by atoms with Gasteiger partial charge >= 0.3 is 0 Å². The molecule has 3 heterocycles. The fourth-order valence-electron chi connectivity index (χ4n) is 4.55. The van der Waals surface area contributed by atoms with Crippen molar-refractivity contribution in [3.05, 3.63) is 53.9 Å². The van der Waals surface area contributed by atoms with E-state index in [4.69, 9.17) is 4.74 Å². The first-order chi connectivity index (χ1) is 13.3. The van der Waals surface area contributed by atoms with Crippen molar-refractivity contribution in [1.82, 2.24) is 19.6 Å². The summed E-state index contributed by atoms with van der Waals surface area (Å²) in [5.41, 5.74) is 2.82. The molecule has 5 nitrogen and oxygen atoms in total. The van der Waals surface area contributed by atoms with E-state index in [0.717, 1.165) is 45.3 Å². The Kier molecular flexibility index (Phi) is 6.22. The van der Waals surface area contributed by atoms with E-state index in [1.807, 2.05) is 23.1 Å². The van der Waals surface area contributed by atoms with Crippen molar-refractivity contribution in [1.29, 1.82) is 0 Å². The highest BCUT2D eigenvalue weighted by Crippen LogP contribution is 2.26. The fraction of sp³-hybridized carbons (Fsp3) is 0.591. The number of hydrogen-bond acceptors (Lipinski definition) is 4. The summed E-state index contributed by atoms with van der Waals surface area (Å²) in [6, 6.07) is 11.5. The van der Waals surface area contributed by atoms with Crippen LogP contribution >= 0.6 is 0 Å². The number of aromatic nitrogens is 2. The van der Waals surface area contributed by atoms with E-state index in [1.54, 1.807) is 0 Å². The van der Waals surface area contributed by atoms with Crippen LogP contribution in [0.15, 0.2) is 42.7 Å². The molecule has 2 aliphatic rings. The van der Waals surface area contributed by atoms with E-state index in [9.17, 15) is 0 Å². The number of nitrogens with zero attached hydrogens (tertiary/aromatic N) is 4. The van der Waals surface area contributed by atoms with Gasteiger partial charge in [0.2, 0.25) is 0 Å². The summed E-state index contributed by atoms with van der Waals surface area (Å²) in [4.78, 5) is 5.26. The Morgan fingerprint density at radius 1 is 1.00 bits per heavy atom. The molecule has 1 aromatic heterocycles. The molecule has 0 N–H and O–H groups in total. The number of morpholine rings is 1. The number of benzene rings is 1. The van der Waals surface area contributed by atoms with Crippen molar-refractivity contribution in [2.24, 2.45) is 5.92 Å². The van der Waals surface area contributed by atoms with Crippen LogP contribution in [0.25, 0.3) is 0 Å². The standard InChI is InChI=1S/C22H32N4O/c1-19(25-13-15-27-16-14-25)20-7-11-24(12-8-20)17-21-5-2-3-6-22(21)18-26-10-4-9-23-26/h2-6,9-10,19-20H,7-8,11-18H2,1H3/t19-/m1/s1. The smallest absolute Gasteiger partial charge is 0.0662 e. The lowest BCUT2D eigenvalue weighted by Gasteiger charge is -2.41. The van der Waals surface area contributed by atoms with Gasteiger partial charge in [-0.1, -0.05) is 24.3 Å². The van der Waals surface area contributed by atoms with Gasteiger partial charge in [-0.05, 0) is 56.0 Å². The number of likely N-dealkylation sites (tertiary alicyclic amines) is 1. The molecule has 0 aliphatic carbocycles. The predicted octanol–water partition coefficient (Wildman–Crippen LogP) is 2.86. The van der Waals surface area contributed by atoms with Crippen molar-refractivity contribution >= 4 is 0 Å². The minimum atomic E-state index is 0.683. The van der Waals surface area contributed by atoms with Gasteiger partial charge in [-0.25, -0.2) is 0 Å². The molecule has 4 rings (SSSR count). The zero-order valence-electron chi connectivity index (χ0n) is 16.5. The lowest BCUT2D eigenvalue weighted by molar-refractivity contribution is -0.00193. The zero-order chi connectivity index (χ0) is 18.5. The van der Waals surface area contributed by atoms with Gasteiger partial charge in [0.05, 0.1) is 19.8 Å². The predicted molar refractivity (Wildman–Crippen MR) is 108 cm³/mol. The Hall–Kier alpha value is -1.69. The van der Waals surface area contributed by atoms with Crippen molar-refractivity contribution in [2.75, 3.05) is 39.4 Å². The molecule has 1 atom stereocenters. The SMILES string of the molecule is C[C@H](C1CCN(Cc2ccccc2Cn2cccn2)CC1)N1CCOCC1. The van der Waals surface area contributed by atoms with Gasteiger partial charge in [-0.15, -0.1) is 0 Å². The number of ether oxygens (including phenoxy) is 1. The zero-order valence-corrected chi connectivity index (χ0v) is 16.5. The van der Waals surface area contributed by atoms with E-state index >= 15 is 0 Å². The first-order valence-electron chi connectivity index (χ1n) is 10.4. The molecule has 146 valence electrons. The molecule has 0 bridgehead atoms. The summed E-state index contributed by atoms with van der Waals surface area (Å²) < 4.78 is 7.52. The minimum Gasteiger partial charge on any atom is -0.379 e. The highest BCUT2D eigenvalue weighted by Gasteiger charge is 2.28. The van der Waals surface area contributed by atoms with Gasteiger partial charge in [0.1, 0.15) is 0 Å². The third-order valence-electron chi connectivity index (χ3n) is 6.34.